The van der Waals surface area contributed by atoms with Gasteiger partial charge in [-0.05, 0) is 12.8 Å². The van der Waals surface area contributed by atoms with Gasteiger partial charge in [0.1, 0.15) is 0 Å². The molecule has 7 nitrogen and oxygen atoms in total. The van der Waals surface area contributed by atoms with Gasteiger partial charge in [0.2, 0.25) is 0 Å². The third-order valence-electron chi connectivity index (χ3n) is 1.81. The first-order chi connectivity index (χ1) is 8.73. The Labute approximate surface area is 107 Å². The van der Waals surface area contributed by atoms with Gasteiger partial charge in [-0.1, -0.05) is 0 Å². The zero-order chi connectivity index (χ0) is 14.9. The van der Waals surface area contributed by atoms with E-state index in [0.29, 0.717) is 19.4 Å². The van der Waals surface area contributed by atoms with E-state index in [1.54, 1.807) is 0 Å². The lowest BCUT2D eigenvalue weighted by Gasteiger charge is -2.08. The van der Waals surface area contributed by atoms with Crippen molar-refractivity contribution >= 4 is 17.8 Å². The summed E-state index contributed by atoms with van der Waals surface area (Å²) in [6, 6.07) is 0. The first kappa shape index (κ1) is 17.0. The third kappa shape index (κ3) is 9.68. The van der Waals surface area contributed by atoms with E-state index in [1.807, 2.05) is 0 Å². The number of carbonyl (C=O) groups excluding carboxylic acids is 2. The number of carbonyl (C=O) groups is 2. The first-order valence-corrected chi connectivity index (χ1v) is 5.32. The van der Waals surface area contributed by atoms with E-state index in [-0.39, 0.29) is 12.5 Å². The van der Waals surface area contributed by atoms with Gasteiger partial charge in [-0.25, -0.2) is 4.79 Å². The van der Waals surface area contributed by atoms with Crippen LogP contribution in [0.1, 0.15) is 12.8 Å². The summed E-state index contributed by atoms with van der Waals surface area (Å²) >= 11 is 0. The maximum atomic E-state index is 11.7. The summed E-state index contributed by atoms with van der Waals surface area (Å²) in [5.41, 5.74) is 5.02. The highest BCUT2D eigenvalue weighted by atomic mass is 19.4. The number of amides is 1. The van der Waals surface area contributed by atoms with E-state index in [2.05, 4.69) is 15.4 Å². The number of nitrogens with one attached hydrogen (secondary N) is 3. The van der Waals surface area contributed by atoms with Crippen molar-refractivity contribution in [1.29, 1.82) is 5.41 Å². The van der Waals surface area contributed by atoms with Crippen molar-refractivity contribution in [2.45, 2.75) is 19.0 Å². The average molecular weight is 284 g/mol. The smallest absolute Gasteiger partial charge is 0.449 e. The van der Waals surface area contributed by atoms with E-state index in [9.17, 15) is 22.8 Å². The van der Waals surface area contributed by atoms with Crippen LogP contribution >= 0.6 is 0 Å². The zero-order valence-corrected chi connectivity index (χ0v) is 9.97. The predicted octanol–water partition coefficient (Wildman–Crippen LogP) is -0.529. The van der Waals surface area contributed by atoms with Crippen LogP contribution in [0, 0.1) is 5.41 Å². The number of hydrogen-bond donors (Lipinski definition) is 4. The molecule has 1 amide bonds. The van der Waals surface area contributed by atoms with Gasteiger partial charge in [0.15, 0.2) is 12.6 Å². The summed E-state index contributed by atoms with van der Waals surface area (Å²) in [6.07, 6.45) is -3.94. The lowest BCUT2D eigenvalue weighted by molar-refractivity contribution is -0.199. The SMILES string of the molecule is N=C(N)NCCCCNC(=O)COC(=O)C(F)(F)F. The number of nitrogens with two attached hydrogens (primary N) is 1. The molecule has 0 atom stereocenters. The van der Waals surface area contributed by atoms with E-state index >= 15 is 0 Å². The van der Waals surface area contributed by atoms with Crippen LogP contribution in [0.2, 0.25) is 0 Å². The molecule has 0 saturated heterocycles. The molecule has 10 heteroatoms. The molecule has 0 aliphatic carbocycles. The van der Waals surface area contributed by atoms with Crippen molar-refractivity contribution in [3.63, 3.8) is 0 Å². The Morgan fingerprint density at radius 1 is 1.16 bits per heavy atom. The fourth-order valence-electron chi connectivity index (χ4n) is 0.965. The molecular formula is C9H15F3N4O3. The maximum absolute atomic E-state index is 11.7. The number of guanidine groups is 1. The number of esters is 1. The summed E-state index contributed by atoms with van der Waals surface area (Å²) in [6.45, 7) is -0.291. The number of alkyl halides is 3. The van der Waals surface area contributed by atoms with Crippen LogP contribution in [-0.4, -0.2) is 43.7 Å². The number of halogens is 3. The number of hydrogen-bond acceptors (Lipinski definition) is 4. The number of rotatable bonds is 7. The fraction of sp³-hybridized carbons (Fsp3) is 0.667. The Kier molecular flexibility index (Phi) is 7.30. The average Bonchev–Trinajstić information content (AvgIpc) is 2.28. The normalized spacial score (nSPS) is 10.7. The van der Waals surface area contributed by atoms with Crippen molar-refractivity contribution in [3.8, 4) is 0 Å². The van der Waals surface area contributed by atoms with Gasteiger partial charge >= 0.3 is 12.1 Å². The van der Waals surface area contributed by atoms with Crippen molar-refractivity contribution < 1.29 is 27.5 Å². The second-order valence-corrected chi connectivity index (χ2v) is 3.47. The molecule has 0 aliphatic heterocycles. The van der Waals surface area contributed by atoms with Crippen LogP contribution in [0.4, 0.5) is 13.2 Å². The first-order valence-electron chi connectivity index (χ1n) is 5.32. The minimum absolute atomic E-state index is 0.164. The van der Waals surface area contributed by atoms with Gasteiger partial charge in [-0.2, -0.15) is 13.2 Å². The van der Waals surface area contributed by atoms with Crippen LogP contribution < -0.4 is 16.4 Å². The zero-order valence-electron chi connectivity index (χ0n) is 9.97. The van der Waals surface area contributed by atoms with Gasteiger partial charge in [0.25, 0.3) is 5.91 Å². The molecule has 0 bridgehead atoms. The van der Waals surface area contributed by atoms with Gasteiger partial charge in [0, 0.05) is 13.1 Å². The molecular weight excluding hydrogens is 269 g/mol. The van der Waals surface area contributed by atoms with Crippen molar-refractivity contribution in [1.82, 2.24) is 10.6 Å². The summed E-state index contributed by atoms with van der Waals surface area (Å²) in [7, 11) is 0. The fourth-order valence-corrected chi connectivity index (χ4v) is 0.965. The van der Waals surface area contributed by atoms with E-state index in [1.165, 1.54) is 0 Å². The number of unbranched alkanes of at least 4 members (excludes halogenated alkanes) is 1. The Bertz CT molecular complexity index is 333. The summed E-state index contributed by atoms with van der Waals surface area (Å²) in [5, 5.41) is 11.7. The highest BCUT2D eigenvalue weighted by molar-refractivity contribution is 5.82. The van der Waals surface area contributed by atoms with Crippen LogP contribution in [0.5, 0.6) is 0 Å². The number of ether oxygens (including phenoxy) is 1. The second kappa shape index (κ2) is 8.16. The van der Waals surface area contributed by atoms with E-state index in [0.717, 1.165) is 0 Å². The van der Waals surface area contributed by atoms with Crippen LogP contribution in [0.15, 0.2) is 0 Å². The molecule has 0 aromatic heterocycles. The summed E-state index contributed by atoms with van der Waals surface area (Å²) < 4.78 is 38.9. The lowest BCUT2D eigenvalue weighted by Crippen LogP contribution is -2.34. The highest BCUT2D eigenvalue weighted by Crippen LogP contribution is 2.15. The second-order valence-electron chi connectivity index (χ2n) is 3.47. The van der Waals surface area contributed by atoms with Gasteiger partial charge in [-0.3, -0.25) is 10.2 Å². The molecule has 0 rings (SSSR count). The molecule has 0 fully saturated rings. The topological polar surface area (TPSA) is 117 Å². The monoisotopic (exact) mass is 284 g/mol. The van der Waals surface area contributed by atoms with Gasteiger partial charge in [0.05, 0.1) is 0 Å². The van der Waals surface area contributed by atoms with Crippen molar-refractivity contribution in [2.24, 2.45) is 5.73 Å². The van der Waals surface area contributed by atoms with E-state index in [4.69, 9.17) is 11.1 Å². The highest BCUT2D eigenvalue weighted by Gasteiger charge is 2.41. The molecule has 0 aromatic rings. The maximum Gasteiger partial charge on any atom is 0.490 e. The molecule has 0 unspecified atom stereocenters. The molecule has 0 radical (unpaired) electrons. The van der Waals surface area contributed by atoms with Crippen LogP contribution in [0.3, 0.4) is 0 Å². The summed E-state index contributed by atoms with van der Waals surface area (Å²) in [5.74, 6) is -3.37. The van der Waals surface area contributed by atoms with Crippen molar-refractivity contribution in [2.75, 3.05) is 19.7 Å². The molecule has 5 N–H and O–H groups in total. The molecule has 0 aliphatic rings. The van der Waals surface area contributed by atoms with Gasteiger partial charge < -0.3 is 21.1 Å². The Morgan fingerprint density at radius 2 is 1.68 bits per heavy atom. The Hall–Kier alpha value is -2.00. The lowest BCUT2D eigenvalue weighted by atomic mass is 10.3. The summed E-state index contributed by atoms with van der Waals surface area (Å²) in [4.78, 5) is 21.3. The van der Waals surface area contributed by atoms with Crippen LogP contribution in [-0.2, 0) is 14.3 Å². The standard InChI is InChI=1S/C9H15F3N4O3/c10-9(11,12)7(18)19-5-6(17)15-3-1-2-4-16-8(13)14/h1-5H2,(H,15,17)(H4,13,14,16). The molecule has 110 valence electrons. The Balaban J connectivity index is 3.55. The minimum Gasteiger partial charge on any atom is -0.449 e. The minimum atomic E-state index is -5.10. The molecule has 0 spiro atoms. The Morgan fingerprint density at radius 3 is 2.16 bits per heavy atom. The molecule has 0 aromatic carbocycles. The quantitative estimate of drug-likeness (QED) is 0.217. The molecule has 0 saturated carbocycles. The largest absolute Gasteiger partial charge is 0.490 e. The van der Waals surface area contributed by atoms with Crippen molar-refractivity contribution in [3.05, 3.63) is 0 Å². The third-order valence-corrected chi connectivity index (χ3v) is 1.81. The van der Waals surface area contributed by atoms with E-state index < -0.39 is 24.7 Å². The van der Waals surface area contributed by atoms with Gasteiger partial charge in [-0.15, -0.1) is 0 Å². The predicted molar refractivity (Wildman–Crippen MR) is 59.2 cm³/mol. The molecule has 0 heterocycles. The molecule has 19 heavy (non-hydrogen) atoms. The van der Waals surface area contributed by atoms with Crippen LogP contribution in [0.25, 0.3) is 0 Å².